The van der Waals surface area contributed by atoms with Gasteiger partial charge in [0.1, 0.15) is 12.4 Å². The average Bonchev–Trinajstić information content (AvgIpc) is 2.61. The summed E-state index contributed by atoms with van der Waals surface area (Å²) in [6.07, 6.45) is 1.87. The van der Waals surface area contributed by atoms with Gasteiger partial charge < -0.3 is 24.8 Å². The lowest BCUT2D eigenvalue weighted by molar-refractivity contribution is 0.0532. The third kappa shape index (κ3) is 6.76. The number of benzene rings is 1. The number of amides is 2. The second-order valence-electron chi connectivity index (χ2n) is 6.11. The Morgan fingerprint density at radius 3 is 2.71 bits per heavy atom. The first-order chi connectivity index (χ1) is 11.6. The van der Waals surface area contributed by atoms with Crippen molar-refractivity contribution in [2.45, 2.75) is 32.3 Å². The van der Waals surface area contributed by atoms with Crippen molar-refractivity contribution < 1.29 is 19.4 Å². The topological polar surface area (TPSA) is 71.0 Å². The molecule has 0 saturated carbocycles. The zero-order valence-corrected chi connectivity index (χ0v) is 14.4. The van der Waals surface area contributed by atoms with Crippen molar-refractivity contribution in [2.75, 3.05) is 39.5 Å². The van der Waals surface area contributed by atoms with Crippen molar-refractivity contribution >= 4 is 6.03 Å². The van der Waals surface area contributed by atoms with E-state index in [0.29, 0.717) is 45.9 Å². The summed E-state index contributed by atoms with van der Waals surface area (Å²) >= 11 is 0. The maximum Gasteiger partial charge on any atom is 0.317 e. The number of aliphatic hydroxyl groups excluding tert-OH is 1. The van der Waals surface area contributed by atoms with E-state index in [-0.39, 0.29) is 6.03 Å². The van der Waals surface area contributed by atoms with E-state index < -0.39 is 6.10 Å². The first-order valence-corrected chi connectivity index (χ1v) is 8.63. The largest absolute Gasteiger partial charge is 0.491 e. The van der Waals surface area contributed by atoms with Gasteiger partial charge in [0.2, 0.25) is 0 Å². The van der Waals surface area contributed by atoms with Gasteiger partial charge in [-0.3, -0.25) is 0 Å². The highest BCUT2D eigenvalue weighted by Gasteiger charge is 2.15. The molecule has 0 bridgehead atoms. The Morgan fingerprint density at radius 2 is 2.00 bits per heavy atom. The van der Waals surface area contributed by atoms with Crippen LogP contribution in [-0.2, 0) is 4.74 Å². The first kappa shape index (κ1) is 18.5. The van der Waals surface area contributed by atoms with Crippen LogP contribution in [-0.4, -0.2) is 61.6 Å². The molecule has 0 spiro atoms. The molecule has 1 heterocycles. The molecule has 134 valence electrons. The zero-order valence-electron chi connectivity index (χ0n) is 14.4. The normalized spacial score (nSPS) is 15.8. The van der Waals surface area contributed by atoms with E-state index in [1.807, 2.05) is 31.2 Å². The molecule has 0 radical (unpaired) electrons. The molecular weight excluding hydrogens is 308 g/mol. The summed E-state index contributed by atoms with van der Waals surface area (Å²) in [5, 5.41) is 12.9. The lowest BCUT2D eigenvalue weighted by Crippen LogP contribution is -2.46. The second kappa shape index (κ2) is 10.2. The molecule has 2 N–H and O–H groups in total. The fraction of sp³-hybridized carbons (Fsp3) is 0.611. The smallest absolute Gasteiger partial charge is 0.317 e. The molecule has 0 aliphatic carbocycles. The molecule has 24 heavy (non-hydrogen) atoms. The number of unbranched alkanes of at least 4 members (excludes halogenated alkanes) is 1. The summed E-state index contributed by atoms with van der Waals surface area (Å²) in [4.78, 5) is 13.6. The molecule has 2 amide bonds. The van der Waals surface area contributed by atoms with Gasteiger partial charge in [-0.2, -0.15) is 0 Å². The number of morpholine rings is 1. The summed E-state index contributed by atoms with van der Waals surface area (Å²) in [5.41, 5.74) is 1.18. The Balaban J connectivity index is 1.50. The number of hydrogen-bond donors (Lipinski definition) is 2. The fourth-order valence-corrected chi connectivity index (χ4v) is 2.49. The molecule has 1 atom stereocenters. The molecule has 0 unspecified atom stereocenters. The van der Waals surface area contributed by atoms with Gasteiger partial charge in [0.15, 0.2) is 0 Å². The van der Waals surface area contributed by atoms with Crippen molar-refractivity contribution in [2.24, 2.45) is 0 Å². The van der Waals surface area contributed by atoms with E-state index >= 15 is 0 Å². The Bertz CT molecular complexity index is 486. The molecule has 1 aromatic rings. The van der Waals surface area contributed by atoms with Crippen LogP contribution in [0.1, 0.15) is 24.8 Å². The predicted molar refractivity (Wildman–Crippen MR) is 92.3 cm³/mol. The zero-order chi connectivity index (χ0) is 17.2. The highest BCUT2D eigenvalue weighted by atomic mass is 16.5. The van der Waals surface area contributed by atoms with E-state index in [1.165, 1.54) is 5.56 Å². The molecule has 1 saturated heterocycles. The number of aliphatic hydroxyl groups is 1. The maximum absolute atomic E-state index is 11.9. The number of ether oxygens (including phenoxy) is 2. The monoisotopic (exact) mass is 336 g/mol. The van der Waals surface area contributed by atoms with Crippen LogP contribution in [0.2, 0.25) is 0 Å². The number of carbonyl (C=O) groups excluding carboxylic acids is 1. The van der Waals surface area contributed by atoms with Gasteiger partial charge in [0.25, 0.3) is 0 Å². The highest BCUT2D eigenvalue weighted by molar-refractivity contribution is 5.74. The summed E-state index contributed by atoms with van der Waals surface area (Å²) in [7, 11) is 0. The quantitative estimate of drug-likeness (QED) is 0.712. The Hall–Kier alpha value is -1.79. The number of urea groups is 1. The van der Waals surface area contributed by atoms with E-state index in [0.717, 1.165) is 18.6 Å². The second-order valence-corrected chi connectivity index (χ2v) is 6.11. The van der Waals surface area contributed by atoms with Gasteiger partial charge in [-0.05, 0) is 38.3 Å². The van der Waals surface area contributed by atoms with Crippen LogP contribution < -0.4 is 10.1 Å². The SMILES string of the molecule is Cc1ccc(OC[C@@H](O)CCCCNC(=O)N2CCOCC2)cc1. The lowest BCUT2D eigenvalue weighted by atomic mass is 10.1. The molecule has 1 aromatic carbocycles. The van der Waals surface area contributed by atoms with Crippen LogP contribution >= 0.6 is 0 Å². The third-order valence-electron chi connectivity index (χ3n) is 4.00. The number of hydrogen-bond acceptors (Lipinski definition) is 4. The standard InChI is InChI=1S/C18H28N2O4/c1-15-5-7-17(8-6-15)24-14-16(21)4-2-3-9-19-18(22)20-10-12-23-13-11-20/h5-8,16,21H,2-4,9-14H2,1H3,(H,19,22)/t16-/m0/s1. The van der Waals surface area contributed by atoms with Crippen LogP contribution in [0.4, 0.5) is 4.79 Å². The van der Waals surface area contributed by atoms with Gasteiger partial charge in [-0.15, -0.1) is 0 Å². The maximum atomic E-state index is 11.9. The predicted octanol–water partition coefficient (Wildman–Crippen LogP) is 1.95. The molecular formula is C18H28N2O4. The minimum absolute atomic E-state index is 0.0263. The Labute approximate surface area is 143 Å². The number of aryl methyl sites for hydroxylation is 1. The summed E-state index contributed by atoms with van der Waals surface area (Å²) < 4.78 is 10.8. The number of carbonyl (C=O) groups is 1. The van der Waals surface area contributed by atoms with Gasteiger partial charge >= 0.3 is 6.03 Å². The van der Waals surface area contributed by atoms with E-state index in [9.17, 15) is 9.90 Å². The summed E-state index contributed by atoms with van der Waals surface area (Å²) in [6.45, 7) is 5.48. The minimum Gasteiger partial charge on any atom is -0.491 e. The van der Waals surface area contributed by atoms with Crippen molar-refractivity contribution in [3.63, 3.8) is 0 Å². The Morgan fingerprint density at radius 1 is 1.29 bits per heavy atom. The molecule has 1 aliphatic rings. The lowest BCUT2D eigenvalue weighted by Gasteiger charge is -2.26. The van der Waals surface area contributed by atoms with Crippen LogP contribution in [0.25, 0.3) is 0 Å². The molecule has 1 aliphatic heterocycles. The fourth-order valence-electron chi connectivity index (χ4n) is 2.49. The first-order valence-electron chi connectivity index (χ1n) is 8.63. The van der Waals surface area contributed by atoms with Crippen LogP contribution in [0.5, 0.6) is 5.75 Å². The molecule has 6 heteroatoms. The van der Waals surface area contributed by atoms with Gasteiger partial charge in [0.05, 0.1) is 19.3 Å². The third-order valence-corrected chi connectivity index (χ3v) is 4.00. The minimum atomic E-state index is -0.485. The van der Waals surface area contributed by atoms with E-state index in [2.05, 4.69) is 5.32 Å². The van der Waals surface area contributed by atoms with Crippen molar-refractivity contribution in [3.8, 4) is 5.75 Å². The van der Waals surface area contributed by atoms with Crippen LogP contribution in [0.15, 0.2) is 24.3 Å². The van der Waals surface area contributed by atoms with Gasteiger partial charge in [0, 0.05) is 19.6 Å². The molecule has 0 aromatic heterocycles. The highest BCUT2D eigenvalue weighted by Crippen LogP contribution is 2.12. The van der Waals surface area contributed by atoms with Crippen molar-refractivity contribution in [1.82, 2.24) is 10.2 Å². The van der Waals surface area contributed by atoms with Gasteiger partial charge in [-0.1, -0.05) is 17.7 Å². The van der Waals surface area contributed by atoms with Crippen LogP contribution in [0.3, 0.4) is 0 Å². The van der Waals surface area contributed by atoms with Crippen molar-refractivity contribution in [3.05, 3.63) is 29.8 Å². The van der Waals surface area contributed by atoms with Gasteiger partial charge in [-0.25, -0.2) is 4.79 Å². The number of rotatable bonds is 8. The van der Waals surface area contributed by atoms with Crippen molar-refractivity contribution in [1.29, 1.82) is 0 Å². The van der Waals surface area contributed by atoms with E-state index in [1.54, 1.807) is 4.90 Å². The number of nitrogens with zero attached hydrogens (tertiary/aromatic N) is 1. The molecule has 6 nitrogen and oxygen atoms in total. The number of nitrogens with one attached hydrogen (secondary N) is 1. The summed E-state index contributed by atoms with van der Waals surface area (Å²) in [6, 6.07) is 7.76. The average molecular weight is 336 g/mol. The summed E-state index contributed by atoms with van der Waals surface area (Å²) in [5.74, 6) is 0.775. The molecule has 2 rings (SSSR count). The molecule has 1 fully saturated rings. The van der Waals surface area contributed by atoms with E-state index in [4.69, 9.17) is 9.47 Å². The van der Waals surface area contributed by atoms with Crippen LogP contribution in [0, 0.1) is 6.92 Å². The Kier molecular flexibility index (Phi) is 7.85.